The minimum Gasteiger partial charge on any atom is -0.311 e. The molecule has 18 aromatic carbocycles. The lowest BCUT2D eigenvalue weighted by Crippen LogP contribution is -2.09. The molecule has 0 saturated heterocycles. The smallest absolute Gasteiger partial charge is 0.164 e. The highest BCUT2D eigenvalue weighted by atomic mass is 15.2. The fourth-order valence-corrected chi connectivity index (χ4v) is 15.7. The van der Waals surface area contributed by atoms with Crippen molar-refractivity contribution in [3.05, 3.63) is 497 Å². The lowest BCUT2D eigenvalue weighted by Gasteiger charge is -2.26. The van der Waals surface area contributed by atoms with Crippen molar-refractivity contribution in [1.82, 2.24) is 29.9 Å². The van der Waals surface area contributed by atoms with Crippen LogP contribution in [-0.4, -0.2) is 29.9 Å². The second-order valence-corrected chi connectivity index (χ2v) is 29.9. The monoisotopic (exact) mass is 1590 g/mol. The lowest BCUT2D eigenvalue weighted by atomic mass is 9.95. The van der Waals surface area contributed by atoms with Gasteiger partial charge in [0.05, 0.1) is 0 Å². The van der Waals surface area contributed by atoms with E-state index in [2.05, 4.69) is 396 Å². The summed E-state index contributed by atoms with van der Waals surface area (Å²) in [5.41, 5.74) is 26.9. The maximum Gasteiger partial charge on any atom is 0.164 e. The summed E-state index contributed by atoms with van der Waals surface area (Å²) in [6.07, 6.45) is 0. The number of benzene rings is 18. The molecular formula is C114H82N10. The Hall–Kier alpha value is -16.8. The van der Waals surface area contributed by atoms with Gasteiger partial charge in [-0.2, -0.15) is 0 Å². The van der Waals surface area contributed by atoms with Crippen molar-refractivity contribution in [3.63, 3.8) is 0 Å². The van der Waals surface area contributed by atoms with E-state index in [1.807, 2.05) is 121 Å². The van der Waals surface area contributed by atoms with Crippen LogP contribution < -0.4 is 19.6 Å². The van der Waals surface area contributed by atoms with Crippen molar-refractivity contribution in [2.75, 3.05) is 19.6 Å². The number of aromatic nitrogens is 6. The normalized spacial score (nSPS) is 10.9. The molecule has 2 aromatic heterocycles. The number of hydrogen-bond donors (Lipinski definition) is 0. The topological polar surface area (TPSA) is 90.3 Å². The highest BCUT2D eigenvalue weighted by molar-refractivity contribution is 5.89. The minimum absolute atomic E-state index is 0.596. The summed E-state index contributed by atoms with van der Waals surface area (Å²) in [6, 6.07) is 173. The van der Waals surface area contributed by atoms with Crippen molar-refractivity contribution in [1.29, 1.82) is 0 Å². The SMILES string of the molecule is c1ccc(-c2nc(-c3ccccc3)nc(-c3cc(-c4ccc(N(c5ccccc5)c5ccccc5)cc4)cc(-c4ccc(N(c5ccccc5)c5ccccc5)cc4)c3)n2)cc1.c1ccc(-c2nc(-c3ccccc3)nc(-c3cc(-c4cccc(N(c5ccccc5)c5ccccc5)c4)cc(-c4cccc(N(c5ccccc5)c5ccccc5)c4)c3)n2)cc1. The summed E-state index contributed by atoms with van der Waals surface area (Å²) in [5, 5.41) is 0. The molecule has 0 saturated carbocycles. The maximum atomic E-state index is 5.18. The molecule has 0 aliphatic rings. The summed E-state index contributed by atoms with van der Waals surface area (Å²) < 4.78 is 0. The predicted molar refractivity (Wildman–Crippen MR) is 513 cm³/mol. The largest absolute Gasteiger partial charge is 0.311 e. The van der Waals surface area contributed by atoms with Crippen LogP contribution in [0.5, 0.6) is 0 Å². The van der Waals surface area contributed by atoms with Crippen LogP contribution >= 0.6 is 0 Å². The third-order valence-electron chi connectivity index (χ3n) is 21.7. The van der Waals surface area contributed by atoms with Crippen LogP contribution in [0, 0.1) is 0 Å². The van der Waals surface area contributed by atoms with Gasteiger partial charge in [-0.25, -0.2) is 29.9 Å². The molecule has 124 heavy (non-hydrogen) atoms. The Bertz CT molecular complexity index is 6350. The molecule has 0 spiro atoms. The van der Waals surface area contributed by atoms with E-state index in [1.165, 1.54) is 0 Å². The van der Waals surface area contributed by atoms with Crippen molar-refractivity contribution in [3.8, 4) is 113 Å². The van der Waals surface area contributed by atoms with Crippen LogP contribution in [0.4, 0.5) is 68.2 Å². The number of para-hydroxylation sites is 8. The van der Waals surface area contributed by atoms with Crippen molar-refractivity contribution < 1.29 is 0 Å². The van der Waals surface area contributed by atoms with E-state index < -0.39 is 0 Å². The fourth-order valence-electron chi connectivity index (χ4n) is 15.7. The molecule has 0 radical (unpaired) electrons. The Morgan fingerprint density at radius 2 is 0.250 bits per heavy atom. The number of nitrogens with zero attached hydrogens (tertiary/aromatic N) is 10. The van der Waals surface area contributed by atoms with Gasteiger partial charge >= 0.3 is 0 Å². The Morgan fingerprint density at radius 3 is 0.468 bits per heavy atom. The average molecular weight is 1590 g/mol. The fraction of sp³-hybridized carbons (Fsp3) is 0. The number of rotatable bonds is 22. The average Bonchev–Trinajstić information content (AvgIpc) is 0.775. The Labute approximate surface area is 723 Å². The highest BCUT2D eigenvalue weighted by Gasteiger charge is 2.23. The van der Waals surface area contributed by atoms with E-state index in [4.69, 9.17) is 29.9 Å². The molecule has 0 N–H and O–H groups in total. The van der Waals surface area contributed by atoms with Gasteiger partial charge in [0.25, 0.3) is 0 Å². The van der Waals surface area contributed by atoms with Crippen LogP contribution in [0.2, 0.25) is 0 Å². The third kappa shape index (κ3) is 17.5. The molecule has 588 valence electrons. The van der Waals surface area contributed by atoms with Crippen molar-refractivity contribution >= 4 is 68.2 Å². The van der Waals surface area contributed by atoms with Crippen molar-refractivity contribution in [2.45, 2.75) is 0 Å². The molecule has 0 bridgehead atoms. The Kier molecular flexibility index (Phi) is 22.8. The standard InChI is InChI=1S/2C57H41N5/c1-7-21-42(22-8-1)55-58-56(43-23-9-2-10-24-43)60-57(59-55)48-38-46(44-25-19-35-53(40-44)61(49-27-11-3-12-28-49)50-29-13-4-14-30-50)37-47(39-48)45-26-20-36-54(41-45)62(51-31-15-5-16-32-51)52-33-17-6-18-34-52;1-7-19-44(20-8-1)55-58-56(45-21-9-2-10-22-45)60-57(59-55)48-40-46(42-31-35-53(36-32-42)61(49-23-11-3-12-24-49)50-25-13-4-14-26-50)39-47(41-48)43-33-37-54(38-34-43)62(51-27-15-5-16-28-51)52-29-17-6-18-30-52/h2*1-41H. The van der Waals surface area contributed by atoms with Gasteiger partial charge in [-0.15, -0.1) is 0 Å². The van der Waals surface area contributed by atoms with Crippen LogP contribution in [-0.2, 0) is 0 Å². The van der Waals surface area contributed by atoms with Crippen LogP contribution in [0.1, 0.15) is 0 Å². The van der Waals surface area contributed by atoms with E-state index >= 15 is 0 Å². The van der Waals surface area contributed by atoms with E-state index in [-0.39, 0.29) is 0 Å². The first kappa shape index (κ1) is 77.1. The van der Waals surface area contributed by atoms with Crippen molar-refractivity contribution in [2.24, 2.45) is 0 Å². The van der Waals surface area contributed by atoms with Gasteiger partial charge in [0, 0.05) is 102 Å². The van der Waals surface area contributed by atoms with E-state index in [0.29, 0.717) is 34.9 Å². The maximum absolute atomic E-state index is 5.18. The van der Waals surface area contributed by atoms with Gasteiger partial charge < -0.3 is 19.6 Å². The molecule has 20 aromatic rings. The zero-order chi connectivity index (χ0) is 83.0. The van der Waals surface area contributed by atoms with Gasteiger partial charge in [0.15, 0.2) is 34.9 Å². The third-order valence-corrected chi connectivity index (χ3v) is 21.7. The van der Waals surface area contributed by atoms with Gasteiger partial charge in [-0.05, 0) is 226 Å². The van der Waals surface area contributed by atoms with Gasteiger partial charge in [-0.3, -0.25) is 0 Å². The second-order valence-electron chi connectivity index (χ2n) is 29.9. The number of hydrogen-bond acceptors (Lipinski definition) is 10. The highest BCUT2D eigenvalue weighted by Crippen LogP contribution is 2.45. The zero-order valence-corrected chi connectivity index (χ0v) is 67.8. The van der Waals surface area contributed by atoms with Gasteiger partial charge in [-0.1, -0.05) is 315 Å². The lowest BCUT2D eigenvalue weighted by molar-refractivity contribution is 1.07. The van der Waals surface area contributed by atoms with E-state index in [0.717, 1.165) is 146 Å². The van der Waals surface area contributed by atoms with Gasteiger partial charge in [0.2, 0.25) is 0 Å². The molecule has 0 atom stereocenters. The molecular weight excluding hydrogens is 1510 g/mol. The first-order valence-electron chi connectivity index (χ1n) is 41.5. The molecule has 0 unspecified atom stereocenters. The molecule has 0 aliphatic heterocycles. The first-order valence-corrected chi connectivity index (χ1v) is 41.5. The summed E-state index contributed by atoms with van der Waals surface area (Å²) in [7, 11) is 0. The molecule has 0 amide bonds. The Balaban J connectivity index is 0.000000163. The molecule has 10 nitrogen and oxygen atoms in total. The van der Waals surface area contributed by atoms with E-state index in [9.17, 15) is 0 Å². The minimum atomic E-state index is 0.596. The second kappa shape index (κ2) is 36.6. The summed E-state index contributed by atoms with van der Waals surface area (Å²) in [4.78, 5) is 39.8. The van der Waals surface area contributed by atoms with E-state index in [1.54, 1.807) is 0 Å². The van der Waals surface area contributed by atoms with Crippen LogP contribution in [0.15, 0.2) is 497 Å². The molecule has 20 rings (SSSR count). The Morgan fingerprint density at radius 1 is 0.0968 bits per heavy atom. The molecule has 0 fully saturated rings. The van der Waals surface area contributed by atoms with Crippen LogP contribution in [0.25, 0.3) is 113 Å². The quantitative estimate of drug-likeness (QED) is 0.0653. The number of anilines is 12. The zero-order valence-electron chi connectivity index (χ0n) is 67.8. The first-order chi connectivity index (χ1) is 61.5. The predicted octanol–water partition coefficient (Wildman–Crippen LogP) is 30.3. The van der Waals surface area contributed by atoms with Crippen LogP contribution in [0.3, 0.4) is 0 Å². The molecule has 10 heteroatoms. The summed E-state index contributed by atoms with van der Waals surface area (Å²) in [5.74, 6) is 3.69. The van der Waals surface area contributed by atoms with Gasteiger partial charge in [0.1, 0.15) is 0 Å². The molecule has 2 heterocycles. The molecule has 0 aliphatic carbocycles. The summed E-state index contributed by atoms with van der Waals surface area (Å²) in [6.45, 7) is 0. The summed E-state index contributed by atoms with van der Waals surface area (Å²) >= 11 is 0.